The van der Waals surface area contributed by atoms with Gasteiger partial charge in [0.25, 0.3) is 0 Å². The van der Waals surface area contributed by atoms with Crippen molar-refractivity contribution in [3.05, 3.63) is 0 Å². The summed E-state index contributed by atoms with van der Waals surface area (Å²) < 4.78 is 0. The third-order valence-electron chi connectivity index (χ3n) is 4.77. The molecule has 0 N–H and O–H groups in total. The van der Waals surface area contributed by atoms with Crippen molar-refractivity contribution in [1.29, 1.82) is 0 Å². The zero-order valence-electron chi connectivity index (χ0n) is 15.6. The minimum Gasteiger partial charge on any atom is -0.0928 e. The van der Waals surface area contributed by atoms with E-state index in [9.17, 15) is 0 Å². The zero-order chi connectivity index (χ0) is 16.8. The van der Waals surface area contributed by atoms with E-state index in [1.807, 2.05) is 0 Å². The van der Waals surface area contributed by atoms with Crippen LogP contribution in [0.4, 0.5) is 0 Å². The highest BCUT2D eigenvalue weighted by Crippen LogP contribution is 2.14. The lowest BCUT2D eigenvalue weighted by molar-refractivity contribution is 0.525. The second-order valence-corrected chi connectivity index (χ2v) is 8.68. The molecule has 0 aliphatic heterocycles. The van der Waals surface area contributed by atoms with Crippen LogP contribution in [-0.4, -0.2) is 10.7 Å². The van der Waals surface area contributed by atoms with E-state index in [4.69, 9.17) is 0 Å². The minimum atomic E-state index is 1.18. The first-order chi connectivity index (χ1) is 11.4. The van der Waals surface area contributed by atoms with Gasteiger partial charge in [0.1, 0.15) is 0 Å². The Bertz CT molecular complexity index is 174. The Balaban J connectivity index is 2.92. The van der Waals surface area contributed by atoms with Crippen molar-refractivity contribution in [3.63, 3.8) is 0 Å². The maximum Gasteiger partial charge on any atom is 0.00313 e. The van der Waals surface area contributed by atoms with E-state index in [1.54, 1.807) is 0 Å². The predicted octanol–water partition coefficient (Wildman–Crippen LogP) is 9.19. The lowest BCUT2D eigenvalue weighted by Crippen LogP contribution is -1.84. The first kappa shape index (κ1) is 24.0. The van der Waals surface area contributed by atoms with E-state index < -0.39 is 0 Å². The summed E-state index contributed by atoms with van der Waals surface area (Å²) in [5.41, 5.74) is 0. The van der Waals surface area contributed by atoms with Gasteiger partial charge in [0.15, 0.2) is 0 Å². The molecule has 0 aliphatic rings. The Morgan fingerprint density at radius 3 is 0.478 bits per heavy atom. The fourth-order valence-corrected chi connectivity index (χ4v) is 3.99. The molecule has 0 fully saturated rings. The smallest absolute Gasteiger partial charge is 0.00313 e. The molecule has 0 radical (unpaired) electrons. The van der Waals surface area contributed by atoms with E-state index in [-0.39, 0.29) is 0 Å². The van der Waals surface area contributed by atoms with Crippen molar-refractivity contribution < 1.29 is 0 Å². The molecule has 0 aliphatic carbocycles. The molecule has 0 spiro atoms. The van der Waals surface area contributed by atoms with E-state index in [0.29, 0.717) is 0 Å². The maximum absolute atomic E-state index is 3.50. The summed E-state index contributed by atoms with van der Waals surface area (Å²) in [5.74, 6) is 0. The summed E-state index contributed by atoms with van der Waals surface area (Å²) in [5, 5.41) is 2.37. The number of rotatable bonds is 20. The summed E-state index contributed by atoms with van der Waals surface area (Å²) in [7, 11) is 0. The van der Waals surface area contributed by atoms with Crippen LogP contribution in [0.1, 0.15) is 122 Å². The quantitative estimate of drug-likeness (QED) is 0.127. The van der Waals surface area contributed by atoms with Gasteiger partial charge in [-0.05, 0) is 12.8 Å². The molecule has 0 saturated carbocycles. The van der Waals surface area contributed by atoms with Gasteiger partial charge in [-0.3, -0.25) is 0 Å². The van der Waals surface area contributed by atoms with Gasteiger partial charge in [0, 0.05) is 10.7 Å². The van der Waals surface area contributed by atoms with Crippen LogP contribution in [0.15, 0.2) is 0 Å². The van der Waals surface area contributed by atoms with Gasteiger partial charge in [0.05, 0.1) is 0 Å². The number of hydrogen-bond donors (Lipinski definition) is 0. The first-order valence-electron chi connectivity index (χ1n) is 10.5. The second-order valence-electron chi connectivity index (χ2n) is 7.10. The number of hydrogen-bond acceptors (Lipinski definition) is 0. The van der Waals surface area contributed by atoms with Gasteiger partial charge in [0.2, 0.25) is 0 Å². The summed E-state index contributed by atoms with van der Waals surface area (Å²) >= 11 is 7.00. The Morgan fingerprint density at radius 2 is 0.348 bits per heavy atom. The van der Waals surface area contributed by atoms with Crippen LogP contribution in [0.25, 0.3) is 0 Å². The number of alkyl halides is 2. The molecule has 0 nitrogen and oxygen atoms in total. The van der Waals surface area contributed by atoms with E-state index in [0.717, 1.165) is 0 Å². The lowest BCUT2D eigenvalue weighted by atomic mass is 10.0. The molecule has 0 rings (SSSR count). The van der Waals surface area contributed by atoms with Crippen LogP contribution < -0.4 is 0 Å². The first-order valence-corrected chi connectivity index (χ1v) is 12.8. The van der Waals surface area contributed by atoms with Crippen LogP contribution in [-0.2, 0) is 0 Å². The van der Waals surface area contributed by atoms with Gasteiger partial charge >= 0.3 is 0 Å². The van der Waals surface area contributed by atoms with Gasteiger partial charge < -0.3 is 0 Å². The van der Waals surface area contributed by atoms with Gasteiger partial charge in [-0.2, -0.15) is 0 Å². The van der Waals surface area contributed by atoms with Crippen LogP contribution >= 0.6 is 31.9 Å². The highest BCUT2D eigenvalue weighted by atomic mass is 79.9. The van der Waals surface area contributed by atoms with E-state index in [1.165, 1.54) is 133 Å². The number of unbranched alkanes of at least 4 members (excludes halogenated alkanes) is 18. The highest BCUT2D eigenvalue weighted by Gasteiger charge is 1.95. The van der Waals surface area contributed by atoms with Crippen molar-refractivity contribution in [2.45, 2.75) is 122 Å². The maximum atomic E-state index is 3.50. The highest BCUT2D eigenvalue weighted by molar-refractivity contribution is 9.09. The Kier molecular flexibility index (Phi) is 23.9. The minimum absolute atomic E-state index is 1.18. The van der Waals surface area contributed by atoms with Crippen molar-refractivity contribution in [1.82, 2.24) is 0 Å². The third-order valence-corrected chi connectivity index (χ3v) is 5.89. The van der Waals surface area contributed by atoms with E-state index >= 15 is 0 Å². The molecule has 0 aromatic carbocycles. The summed E-state index contributed by atoms with van der Waals surface area (Å²) in [6.07, 6.45) is 27.6. The molecule has 0 aromatic rings. The zero-order valence-corrected chi connectivity index (χ0v) is 18.8. The molecule has 0 bridgehead atoms. The number of halogens is 2. The van der Waals surface area contributed by atoms with Gasteiger partial charge in [-0.15, -0.1) is 0 Å². The lowest BCUT2D eigenvalue weighted by Gasteiger charge is -2.03. The molecule has 0 aromatic heterocycles. The Labute approximate surface area is 164 Å². The fraction of sp³-hybridized carbons (Fsp3) is 1.00. The standard InChI is InChI=1S/C21H42Br2/c22-20-18-16-14-12-10-8-6-4-2-1-3-5-7-9-11-13-15-17-19-21-23/h1-21H2. The van der Waals surface area contributed by atoms with Crippen molar-refractivity contribution in [2.75, 3.05) is 10.7 Å². The normalized spacial score (nSPS) is 11.2. The van der Waals surface area contributed by atoms with Crippen LogP contribution in [0.2, 0.25) is 0 Å². The molecular weight excluding hydrogens is 412 g/mol. The van der Waals surface area contributed by atoms with Crippen LogP contribution in [0.3, 0.4) is 0 Å². The third kappa shape index (κ3) is 23.0. The predicted molar refractivity (Wildman–Crippen MR) is 115 cm³/mol. The topological polar surface area (TPSA) is 0 Å². The van der Waals surface area contributed by atoms with Crippen molar-refractivity contribution in [3.8, 4) is 0 Å². The van der Waals surface area contributed by atoms with Gasteiger partial charge in [-0.1, -0.05) is 141 Å². The molecule has 0 heterocycles. The van der Waals surface area contributed by atoms with E-state index in [2.05, 4.69) is 31.9 Å². The molecule has 0 saturated heterocycles. The summed E-state index contributed by atoms with van der Waals surface area (Å²) in [6.45, 7) is 0. The monoisotopic (exact) mass is 452 g/mol. The van der Waals surface area contributed by atoms with Crippen molar-refractivity contribution >= 4 is 31.9 Å². The Morgan fingerprint density at radius 1 is 0.217 bits per heavy atom. The van der Waals surface area contributed by atoms with Crippen molar-refractivity contribution in [2.24, 2.45) is 0 Å². The average molecular weight is 454 g/mol. The fourth-order valence-electron chi connectivity index (χ4n) is 3.19. The Hall–Kier alpha value is 0.960. The molecule has 2 heteroatoms. The van der Waals surface area contributed by atoms with Gasteiger partial charge in [-0.25, -0.2) is 0 Å². The molecule has 0 unspecified atom stereocenters. The molecule has 140 valence electrons. The summed E-state index contributed by atoms with van der Waals surface area (Å²) in [4.78, 5) is 0. The van der Waals surface area contributed by atoms with Crippen LogP contribution in [0.5, 0.6) is 0 Å². The van der Waals surface area contributed by atoms with Crippen LogP contribution in [0, 0.1) is 0 Å². The summed E-state index contributed by atoms with van der Waals surface area (Å²) in [6, 6.07) is 0. The molecular formula is C21H42Br2. The SMILES string of the molecule is BrCCCCCCCCCCCCCCCCCCCCCBr. The average Bonchev–Trinajstić information content (AvgIpc) is 2.57. The largest absolute Gasteiger partial charge is 0.0928 e. The second kappa shape index (κ2) is 23.0. The molecule has 0 atom stereocenters. The molecule has 23 heavy (non-hydrogen) atoms. The molecule has 0 amide bonds.